The molecule has 1 aliphatic heterocycles. The van der Waals surface area contributed by atoms with Gasteiger partial charge in [-0.25, -0.2) is 18.1 Å². The summed E-state index contributed by atoms with van der Waals surface area (Å²) in [7, 11) is -3.46. The number of nitrogens with zero attached hydrogens (tertiary/aromatic N) is 2. The Morgan fingerprint density at radius 3 is 2.60 bits per heavy atom. The van der Waals surface area contributed by atoms with Crippen LogP contribution in [0.25, 0.3) is 0 Å². The van der Waals surface area contributed by atoms with Crippen molar-refractivity contribution in [2.24, 2.45) is 0 Å². The standard InChI is InChI=1S/C13H22N4O2S/c1-2-12-14-9-13(15-12)20(18,19)16-10-5-7-17(8-6-10)11-3-4-11/h9-11,16H,2-8H2,1H3,(H,14,15). The second-order valence-electron chi connectivity index (χ2n) is 5.71. The van der Waals surface area contributed by atoms with Crippen molar-refractivity contribution in [2.75, 3.05) is 13.1 Å². The largest absolute Gasteiger partial charge is 0.332 e. The molecule has 1 aliphatic carbocycles. The third-order valence-corrected chi connectivity index (χ3v) is 5.57. The Bertz CT molecular complexity index is 557. The maximum absolute atomic E-state index is 12.3. The molecule has 6 nitrogen and oxygen atoms in total. The van der Waals surface area contributed by atoms with Gasteiger partial charge in [-0.15, -0.1) is 0 Å². The fourth-order valence-corrected chi connectivity index (χ4v) is 4.01. The van der Waals surface area contributed by atoms with Crippen LogP contribution in [0.3, 0.4) is 0 Å². The molecule has 112 valence electrons. The molecule has 2 aliphatic rings. The number of rotatable bonds is 5. The number of imidazole rings is 1. The third-order valence-electron chi connectivity index (χ3n) is 4.14. The van der Waals surface area contributed by atoms with Gasteiger partial charge in [-0.1, -0.05) is 6.92 Å². The number of likely N-dealkylation sites (tertiary alicyclic amines) is 1. The van der Waals surface area contributed by atoms with Crippen LogP contribution in [0, 0.1) is 0 Å². The first-order valence-electron chi connectivity index (χ1n) is 7.39. The summed E-state index contributed by atoms with van der Waals surface area (Å²) in [6.07, 6.45) is 6.51. The van der Waals surface area contributed by atoms with Crippen LogP contribution in [0.15, 0.2) is 11.2 Å². The molecule has 3 rings (SSSR count). The van der Waals surface area contributed by atoms with Gasteiger partial charge >= 0.3 is 0 Å². The highest BCUT2D eigenvalue weighted by molar-refractivity contribution is 7.89. The van der Waals surface area contributed by atoms with Gasteiger partial charge in [0.25, 0.3) is 10.0 Å². The van der Waals surface area contributed by atoms with Gasteiger partial charge in [0.2, 0.25) is 0 Å². The van der Waals surface area contributed by atoms with Crippen molar-refractivity contribution in [3.63, 3.8) is 0 Å². The van der Waals surface area contributed by atoms with Crippen molar-refractivity contribution < 1.29 is 8.42 Å². The van der Waals surface area contributed by atoms with Crippen molar-refractivity contribution >= 4 is 10.0 Å². The number of piperidine rings is 1. The summed E-state index contributed by atoms with van der Waals surface area (Å²) in [6, 6.07) is 0.815. The average molecular weight is 298 g/mol. The van der Waals surface area contributed by atoms with E-state index in [1.807, 2.05) is 6.92 Å². The molecule has 2 N–H and O–H groups in total. The summed E-state index contributed by atoms with van der Waals surface area (Å²) in [5, 5.41) is 0.180. The van der Waals surface area contributed by atoms with Crippen molar-refractivity contribution in [3.8, 4) is 0 Å². The molecule has 2 heterocycles. The molecule has 0 atom stereocenters. The zero-order valence-electron chi connectivity index (χ0n) is 11.8. The van der Waals surface area contributed by atoms with E-state index in [9.17, 15) is 8.42 Å². The summed E-state index contributed by atoms with van der Waals surface area (Å²) in [5.41, 5.74) is 0. The van der Waals surface area contributed by atoms with Gasteiger partial charge in [0.1, 0.15) is 5.82 Å². The number of aryl methyl sites for hydroxylation is 1. The van der Waals surface area contributed by atoms with Crippen molar-refractivity contribution in [1.82, 2.24) is 19.6 Å². The Labute approximate surface area is 120 Å². The molecule has 0 bridgehead atoms. The molecule has 20 heavy (non-hydrogen) atoms. The molecular formula is C13H22N4O2S. The second-order valence-corrected chi connectivity index (χ2v) is 7.39. The number of aromatic nitrogens is 2. The Morgan fingerprint density at radius 2 is 2.05 bits per heavy atom. The highest BCUT2D eigenvalue weighted by Gasteiger charge is 2.33. The van der Waals surface area contributed by atoms with Gasteiger partial charge in [0.15, 0.2) is 5.03 Å². The van der Waals surface area contributed by atoms with E-state index < -0.39 is 10.0 Å². The molecule has 2 fully saturated rings. The predicted molar refractivity (Wildman–Crippen MR) is 75.9 cm³/mol. The lowest BCUT2D eigenvalue weighted by molar-refractivity contribution is 0.199. The molecule has 1 aromatic heterocycles. The van der Waals surface area contributed by atoms with Crippen molar-refractivity contribution in [3.05, 3.63) is 12.0 Å². The first kappa shape index (κ1) is 14.0. The Morgan fingerprint density at radius 1 is 1.35 bits per heavy atom. The van der Waals surface area contributed by atoms with Crippen LogP contribution >= 0.6 is 0 Å². The SMILES string of the molecule is CCc1ncc(S(=O)(=O)NC2CCN(C3CC3)CC2)[nH]1. The van der Waals surface area contributed by atoms with Gasteiger partial charge in [-0.3, -0.25) is 0 Å². The molecule has 0 radical (unpaired) electrons. The Balaban J connectivity index is 1.59. The number of hydrogen-bond acceptors (Lipinski definition) is 4. The Kier molecular flexibility index (Phi) is 3.83. The van der Waals surface area contributed by atoms with Crippen LogP contribution in [-0.2, 0) is 16.4 Å². The average Bonchev–Trinajstić information content (AvgIpc) is 3.16. The van der Waals surface area contributed by atoms with E-state index in [4.69, 9.17) is 0 Å². The minimum Gasteiger partial charge on any atom is -0.332 e. The minimum atomic E-state index is -3.46. The van der Waals surface area contributed by atoms with Crippen LogP contribution in [0.4, 0.5) is 0 Å². The molecule has 0 aromatic carbocycles. The summed E-state index contributed by atoms with van der Waals surface area (Å²) in [4.78, 5) is 9.39. The van der Waals surface area contributed by atoms with Crippen LogP contribution < -0.4 is 4.72 Å². The van der Waals surface area contributed by atoms with E-state index in [0.29, 0.717) is 12.2 Å². The highest BCUT2D eigenvalue weighted by Crippen LogP contribution is 2.29. The number of sulfonamides is 1. The normalized spacial score (nSPS) is 22.2. The maximum Gasteiger partial charge on any atom is 0.257 e. The smallest absolute Gasteiger partial charge is 0.257 e. The topological polar surface area (TPSA) is 78.1 Å². The maximum atomic E-state index is 12.3. The van der Waals surface area contributed by atoms with Crippen molar-refractivity contribution in [1.29, 1.82) is 0 Å². The highest BCUT2D eigenvalue weighted by atomic mass is 32.2. The number of H-pyrrole nitrogens is 1. The fraction of sp³-hybridized carbons (Fsp3) is 0.769. The lowest BCUT2D eigenvalue weighted by atomic mass is 10.1. The number of nitrogens with one attached hydrogen (secondary N) is 2. The predicted octanol–water partition coefficient (Wildman–Crippen LogP) is 0.877. The molecule has 0 amide bonds. The molecule has 0 spiro atoms. The van der Waals surface area contributed by atoms with E-state index in [2.05, 4.69) is 19.6 Å². The summed E-state index contributed by atoms with van der Waals surface area (Å²) >= 11 is 0. The van der Waals surface area contributed by atoms with E-state index in [0.717, 1.165) is 32.0 Å². The van der Waals surface area contributed by atoms with Gasteiger partial charge in [-0.2, -0.15) is 0 Å². The first-order chi connectivity index (χ1) is 9.58. The number of aromatic amines is 1. The van der Waals surface area contributed by atoms with E-state index >= 15 is 0 Å². The van der Waals surface area contributed by atoms with Crippen LogP contribution in [0.2, 0.25) is 0 Å². The molecule has 7 heteroatoms. The summed E-state index contributed by atoms with van der Waals surface area (Å²) in [5.74, 6) is 0.703. The van der Waals surface area contributed by atoms with Crippen LogP contribution in [0.5, 0.6) is 0 Å². The van der Waals surface area contributed by atoms with E-state index in [1.54, 1.807) is 0 Å². The zero-order chi connectivity index (χ0) is 14.2. The monoisotopic (exact) mass is 298 g/mol. The van der Waals surface area contributed by atoms with Gasteiger partial charge in [0.05, 0.1) is 6.20 Å². The van der Waals surface area contributed by atoms with Gasteiger partial charge < -0.3 is 9.88 Å². The van der Waals surface area contributed by atoms with Crippen molar-refractivity contribution in [2.45, 2.75) is 56.1 Å². The molecule has 1 saturated carbocycles. The Hall–Kier alpha value is -0.920. The molecule has 1 aromatic rings. The summed E-state index contributed by atoms with van der Waals surface area (Å²) < 4.78 is 27.3. The van der Waals surface area contributed by atoms with Crippen LogP contribution in [-0.4, -0.2) is 48.5 Å². The van der Waals surface area contributed by atoms with Crippen LogP contribution in [0.1, 0.15) is 38.4 Å². The first-order valence-corrected chi connectivity index (χ1v) is 8.87. The van der Waals surface area contributed by atoms with Gasteiger partial charge in [-0.05, 0) is 38.8 Å². The second kappa shape index (κ2) is 5.46. The lowest BCUT2D eigenvalue weighted by Crippen LogP contribution is -2.45. The summed E-state index contributed by atoms with van der Waals surface area (Å²) in [6.45, 7) is 3.94. The quantitative estimate of drug-likeness (QED) is 0.846. The van der Waals surface area contributed by atoms with E-state index in [-0.39, 0.29) is 11.1 Å². The van der Waals surface area contributed by atoms with Gasteiger partial charge in [0, 0.05) is 18.5 Å². The van der Waals surface area contributed by atoms with E-state index in [1.165, 1.54) is 19.0 Å². The fourth-order valence-electron chi connectivity index (χ4n) is 2.76. The molecular weight excluding hydrogens is 276 g/mol. The third kappa shape index (κ3) is 3.05. The lowest BCUT2D eigenvalue weighted by Gasteiger charge is -2.32. The minimum absolute atomic E-state index is 0.0448. The zero-order valence-corrected chi connectivity index (χ0v) is 12.6. The number of hydrogen-bond donors (Lipinski definition) is 2. The molecule has 1 saturated heterocycles. The molecule has 0 unspecified atom stereocenters.